The van der Waals surface area contributed by atoms with Gasteiger partial charge in [0, 0.05) is 23.2 Å². The molecule has 16 heavy (non-hydrogen) atoms. The van der Waals surface area contributed by atoms with Crippen LogP contribution in [-0.2, 0) is 0 Å². The van der Waals surface area contributed by atoms with Gasteiger partial charge in [0.1, 0.15) is 0 Å². The molecule has 0 fully saturated rings. The Bertz CT molecular complexity index is 403. The molecule has 0 atom stereocenters. The fourth-order valence-electron chi connectivity index (χ4n) is 1.66. The average molecular weight is 234 g/mol. The smallest absolute Gasteiger partial charge is 0.0732 e. The van der Waals surface area contributed by atoms with Crippen molar-refractivity contribution in [2.24, 2.45) is 0 Å². The summed E-state index contributed by atoms with van der Waals surface area (Å²) in [6.45, 7) is 4.39. The molecule has 1 aromatic heterocycles. The third-order valence-electron chi connectivity index (χ3n) is 2.47. The van der Waals surface area contributed by atoms with Gasteiger partial charge < -0.3 is 10.3 Å². The van der Waals surface area contributed by atoms with Crippen molar-refractivity contribution in [1.29, 1.82) is 0 Å². The molecule has 1 aromatic carbocycles. The first-order valence-electron chi connectivity index (χ1n) is 5.81. The predicted octanol–water partition coefficient (Wildman–Crippen LogP) is 3.26. The number of rotatable bonds is 6. The van der Waals surface area contributed by atoms with Crippen LogP contribution in [0.3, 0.4) is 0 Å². The summed E-state index contributed by atoms with van der Waals surface area (Å²) < 4.78 is 0. The molecule has 3 heteroatoms. The van der Waals surface area contributed by atoms with Crippen LogP contribution in [0.15, 0.2) is 35.4 Å². The van der Waals surface area contributed by atoms with Crippen LogP contribution in [0.2, 0.25) is 0 Å². The first-order chi connectivity index (χ1) is 7.90. The van der Waals surface area contributed by atoms with Gasteiger partial charge in [-0.2, -0.15) is 0 Å². The number of thioether (sulfide) groups is 1. The molecule has 0 unspecified atom stereocenters. The molecule has 0 amide bonds. The van der Waals surface area contributed by atoms with Gasteiger partial charge in [0.25, 0.3) is 0 Å². The van der Waals surface area contributed by atoms with Gasteiger partial charge in [-0.05, 0) is 25.1 Å². The number of nitrogens with one attached hydrogen (secondary N) is 2. The molecule has 1 heterocycles. The number of aromatic nitrogens is 1. The summed E-state index contributed by atoms with van der Waals surface area (Å²) in [7, 11) is 0. The van der Waals surface area contributed by atoms with Crippen LogP contribution in [0.25, 0.3) is 10.9 Å². The van der Waals surface area contributed by atoms with E-state index in [9.17, 15) is 0 Å². The molecular formula is C13H18N2S. The molecule has 0 aliphatic rings. The van der Waals surface area contributed by atoms with E-state index in [0.717, 1.165) is 18.8 Å². The molecular weight excluding hydrogens is 216 g/mol. The third-order valence-corrected chi connectivity index (χ3v) is 3.41. The summed E-state index contributed by atoms with van der Waals surface area (Å²) in [6, 6.07) is 10.6. The maximum absolute atomic E-state index is 3.42. The maximum atomic E-state index is 3.42. The van der Waals surface area contributed by atoms with Crippen LogP contribution >= 0.6 is 11.8 Å². The number of H-pyrrole nitrogens is 1. The van der Waals surface area contributed by atoms with Gasteiger partial charge >= 0.3 is 0 Å². The normalized spacial score (nSPS) is 11.1. The molecule has 0 aliphatic heterocycles. The largest absolute Gasteiger partial charge is 0.350 e. The van der Waals surface area contributed by atoms with Crippen molar-refractivity contribution in [1.82, 2.24) is 10.3 Å². The van der Waals surface area contributed by atoms with E-state index in [2.05, 4.69) is 47.6 Å². The Morgan fingerprint density at radius 1 is 1.25 bits per heavy atom. The standard InChI is InChI=1S/C13H18N2S/c1-2-7-14-8-9-16-13-10-11-5-3-4-6-12(11)15-13/h3-6,10,14-15H,2,7-9H2,1H3. The molecule has 0 saturated carbocycles. The van der Waals surface area contributed by atoms with Gasteiger partial charge in [-0.3, -0.25) is 0 Å². The number of para-hydroxylation sites is 1. The fraction of sp³-hybridized carbons (Fsp3) is 0.385. The second-order valence-electron chi connectivity index (χ2n) is 3.82. The minimum Gasteiger partial charge on any atom is -0.350 e. The van der Waals surface area contributed by atoms with E-state index in [-0.39, 0.29) is 0 Å². The second-order valence-corrected chi connectivity index (χ2v) is 4.96. The van der Waals surface area contributed by atoms with Gasteiger partial charge in [0.05, 0.1) is 5.03 Å². The van der Waals surface area contributed by atoms with Gasteiger partial charge in [-0.15, -0.1) is 11.8 Å². The van der Waals surface area contributed by atoms with Crippen molar-refractivity contribution in [2.75, 3.05) is 18.8 Å². The Morgan fingerprint density at radius 3 is 2.94 bits per heavy atom. The summed E-state index contributed by atoms with van der Waals surface area (Å²) in [6.07, 6.45) is 1.21. The minimum atomic E-state index is 1.08. The highest BCUT2D eigenvalue weighted by atomic mass is 32.2. The highest BCUT2D eigenvalue weighted by molar-refractivity contribution is 7.99. The molecule has 0 spiro atoms. The van der Waals surface area contributed by atoms with E-state index in [1.54, 1.807) is 0 Å². The molecule has 2 N–H and O–H groups in total. The van der Waals surface area contributed by atoms with Crippen molar-refractivity contribution in [2.45, 2.75) is 18.4 Å². The van der Waals surface area contributed by atoms with Crippen LogP contribution in [-0.4, -0.2) is 23.8 Å². The fourth-order valence-corrected chi connectivity index (χ4v) is 2.52. The van der Waals surface area contributed by atoms with Crippen molar-refractivity contribution in [3.8, 4) is 0 Å². The van der Waals surface area contributed by atoms with Crippen molar-refractivity contribution >= 4 is 22.7 Å². The Kier molecular flexibility index (Phi) is 4.31. The van der Waals surface area contributed by atoms with E-state index in [1.807, 2.05) is 11.8 Å². The van der Waals surface area contributed by atoms with E-state index in [1.165, 1.54) is 22.3 Å². The monoisotopic (exact) mass is 234 g/mol. The summed E-state index contributed by atoms with van der Waals surface area (Å²) in [5.74, 6) is 1.12. The number of benzene rings is 1. The zero-order valence-electron chi connectivity index (χ0n) is 9.62. The lowest BCUT2D eigenvalue weighted by Gasteiger charge is -2.00. The van der Waals surface area contributed by atoms with Gasteiger partial charge in [0.15, 0.2) is 0 Å². The zero-order valence-corrected chi connectivity index (χ0v) is 10.4. The van der Waals surface area contributed by atoms with Crippen molar-refractivity contribution in [3.63, 3.8) is 0 Å². The maximum Gasteiger partial charge on any atom is 0.0732 e. The highest BCUT2D eigenvalue weighted by Gasteiger charge is 1.99. The van der Waals surface area contributed by atoms with Crippen LogP contribution in [0.5, 0.6) is 0 Å². The highest BCUT2D eigenvalue weighted by Crippen LogP contribution is 2.22. The molecule has 0 saturated heterocycles. The van der Waals surface area contributed by atoms with E-state index in [0.29, 0.717) is 0 Å². The van der Waals surface area contributed by atoms with E-state index in [4.69, 9.17) is 0 Å². The van der Waals surface area contributed by atoms with Crippen LogP contribution in [0.4, 0.5) is 0 Å². The Hall–Kier alpha value is -0.930. The second kappa shape index (κ2) is 5.97. The topological polar surface area (TPSA) is 27.8 Å². The molecule has 86 valence electrons. The lowest BCUT2D eigenvalue weighted by atomic mass is 10.3. The first kappa shape index (κ1) is 11.6. The summed E-state index contributed by atoms with van der Waals surface area (Å²) in [4.78, 5) is 3.42. The number of hydrogen-bond acceptors (Lipinski definition) is 2. The average Bonchev–Trinajstić information content (AvgIpc) is 2.71. The van der Waals surface area contributed by atoms with Crippen LogP contribution in [0.1, 0.15) is 13.3 Å². The van der Waals surface area contributed by atoms with E-state index < -0.39 is 0 Å². The first-order valence-corrected chi connectivity index (χ1v) is 6.80. The molecule has 2 rings (SSSR count). The third kappa shape index (κ3) is 3.03. The van der Waals surface area contributed by atoms with Gasteiger partial charge in [-0.25, -0.2) is 0 Å². The SMILES string of the molecule is CCCNCCSc1cc2ccccc2[nH]1. The number of hydrogen-bond donors (Lipinski definition) is 2. The number of fused-ring (bicyclic) bond motifs is 1. The molecule has 0 aliphatic carbocycles. The van der Waals surface area contributed by atoms with Gasteiger partial charge in [0.2, 0.25) is 0 Å². The van der Waals surface area contributed by atoms with Crippen LogP contribution < -0.4 is 5.32 Å². The number of aromatic amines is 1. The molecule has 2 nitrogen and oxygen atoms in total. The summed E-state index contributed by atoms with van der Waals surface area (Å²) in [5.41, 5.74) is 1.23. The lowest BCUT2D eigenvalue weighted by molar-refractivity contribution is 0.707. The van der Waals surface area contributed by atoms with Gasteiger partial charge in [-0.1, -0.05) is 25.1 Å². The summed E-state index contributed by atoms with van der Waals surface area (Å²) >= 11 is 1.88. The van der Waals surface area contributed by atoms with Crippen molar-refractivity contribution < 1.29 is 0 Å². The minimum absolute atomic E-state index is 1.08. The van der Waals surface area contributed by atoms with Crippen LogP contribution in [0, 0.1) is 0 Å². The zero-order chi connectivity index (χ0) is 11.2. The predicted molar refractivity (Wildman–Crippen MR) is 72.2 cm³/mol. The Labute approximate surface area is 101 Å². The lowest BCUT2D eigenvalue weighted by Crippen LogP contribution is -2.17. The summed E-state index contributed by atoms with van der Waals surface area (Å²) in [5, 5.41) is 5.97. The molecule has 0 bridgehead atoms. The Balaban J connectivity index is 1.85. The van der Waals surface area contributed by atoms with Crippen molar-refractivity contribution in [3.05, 3.63) is 30.3 Å². The quantitative estimate of drug-likeness (QED) is 0.593. The Morgan fingerprint density at radius 2 is 2.12 bits per heavy atom. The molecule has 2 aromatic rings. The molecule has 0 radical (unpaired) electrons. The van der Waals surface area contributed by atoms with E-state index >= 15 is 0 Å².